The first-order valence-electron chi connectivity index (χ1n) is 6.69. The number of ether oxygens (including phenoxy) is 4. The number of benzene rings is 1. The number of hydrogen-bond donors (Lipinski definition) is 0. The first kappa shape index (κ1) is 14.7. The number of esters is 1. The molecule has 1 aliphatic heterocycles. The van der Waals surface area contributed by atoms with Crippen LogP contribution in [0.4, 0.5) is 0 Å². The summed E-state index contributed by atoms with van der Waals surface area (Å²) in [6.45, 7) is 2.61. The Morgan fingerprint density at radius 2 is 2.15 bits per heavy atom. The Morgan fingerprint density at radius 1 is 1.35 bits per heavy atom. The van der Waals surface area contributed by atoms with Crippen LogP contribution in [-0.4, -0.2) is 32.9 Å². The van der Waals surface area contributed by atoms with Crippen LogP contribution in [-0.2, 0) is 27.3 Å². The molecule has 0 saturated heterocycles. The summed E-state index contributed by atoms with van der Waals surface area (Å²) in [5.41, 5.74) is 2.12. The van der Waals surface area contributed by atoms with E-state index in [4.69, 9.17) is 18.9 Å². The summed E-state index contributed by atoms with van der Waals surface area (Å²) in [6.07, 6.45) is 0.815. The molecule has 110 valence electrons. The molecular weight excluding hydrogens is 260 g/mol. The molecule has 0 spiro atoms. The average Bonchev–Trinajstić information content (AvgIpc) is 2.46. The van der Waals surface area contributed by atoms with E-state index in [1.165, 1.54) is 0 Å². The van der Waals surface area contributed by atoms with Crippen molar-refractivity contribution in [1.29, 1.82) is 0 Å². The minimum atomic E-state index is -0.221. The van der Waals surface area contributed by atoms with E-state index in [1.807, 2.05) is 12.1 Å². The van der Waals surface area contributed by atoms with Crippen LogP contribution < -0.4 is 9.47 Å². The Balaban J connectivity index is 2.13. The molecule has 1 atom stereocenters. The second kappa shape index (κ2) is 6.61. The lowest BCUT2D eigenvalue weighted by Gasteiger charge is -2.26. The minimum absolute atomic E-state index is 0.139. The molecular formula is C15H20O5. The van der Waals surface area contributed by atoms with Gasteiger partial charge in [0.25, 0.3) is 0 Å². The van der Waals surface area contributed by atoms with Gasteiger partial charge in [0.05, 0.1) is 40.0 Å². The molecule has 20 heavy (non-hydrogen) atoms. The molecule has 1 aromatic rings. The molecule has 1 heterocycles. The van der Waals surface area contributed by atoms with Crippen LogP contribution in [0.1, 0.15) is 24.5 Å². The van der Waals surface area contributed by atoms with E-state index in [1.54, 1.807) is 21.1 Å². The van der Waals surface area contributed by atoms with Crippen LogP contribution in [0.15, 0.2) is 12.1 Å². The fourth-order valence-corrected chi connectivity index (χ4v) is 2.42. The largest absolute Gasteiger partial charge is 0.493 e. The van der Waals surface area contributed by atoms with E-state index < -0.39 is 0 Å². The van der Waals surface area contributed by atoms with Gasteiger partial charge in [-0.05, 0) is 25.0 Å². The van der Waals surface area contributed by atoms with Gasteiger partial charge >= 0.3 is 5.97 Å². The molecule has 5 nitrogen and oxygen atoms in total. The summed E-state index contributed by atoms with van der Waals surface area (Å²) in [4.78, 5) is 11.5. The quantitative estimate of drug-likeness (QED) is 0.773. The third-order valence-corrected chi connectivity index (χ3v) is 3.36. The molecule has 1 aliphatic rings. The molecule has 2 rings (SSSR count). The molecule has 1 unspecified atom stereocenters. The molecule has 5 heteroatoms. The van der Waals surface area contributed by atoms with Gasteiger partial charge in [-0.2, -0.15) is 0 Å². The number of fused-ring (bicyclic) bond motifs is 1. The fraction of sp³-hybridized carbons (Fsp3) is 0.533. The Bertz CT molecular complexity index is 483. The van der Waals surface area contributed by atoms with E-state index >= 15 is 0 Å². The third kappa shape index (κ3) is 3.04. The lowest BCUT2D eigenvalue weighted by atomic mass is 9.96. The van der Waals surface area contributed by atoms with E-state index in [2.05, 4.69) is 0 Å². The van der Waals surface area contributed by atoms with Crippen molar-refractivity contribution in [3.05, 3.63) is 23.3 Å². The van der Waals surface area contributed by atoms with E-state index in [0.717, 1.165) is 11.1 Å². The van der Waals surface area contributed by atoms with Crippen LogP contribution in [0.5, 0.6) is 11.5 Å². The second-order valence-corrected chi connectivity index (χ2v) is 4.59. The minimum Gasteiger partial charge on any atom is -0.493 e. The summed E-state index contributed by atoms with van der Waals surface area (Å²) in [6, 6.07) is 3.88. The summed E-state index contributed by atoms with van der Waals surface area (Å²) >= 11 is 0. The van der Waals surface area contributed by atoms with E-state index in [0.29, 0.717) is 31.1 Å². The highest BCUT2D eigenvalue weighted by molar-refractivity contribution is 5.70. The topological polar surface area (TPSA) is 54.0 Å². The first-order valence-corrected chi connectivity index (χ1v) is 6.69. The third-order valence-electron chi connectivity index (χ3n) is 3.36. The zero-order valence-corrected chi connectivity index (χ0v) is 12.1. The van der Waals surface area contributed by atoms with E-state index in [9.17, 15) is 4.79 Å². The van der Waals surface area contributed by atoms with Crippen molar-refractivity contribution in [2.75, 3.05) is 20.8 Å². The van der Waals surface area contributed by atoms with E-state index in [-0.39, 0.29) is 18.5 Å². The zero-order chi connectivity index (χ0) is 14.5. The zero-order valence-electron chi connectivity index (χ0n) is 12.1. The van der Waals surface area contributed by atoms with Gasteiger partial charge in [-0.25, -0.2) is 0 Å². The number of carbonyl (C=O) groups is 1. The molecule has 0 saturated carbocycles. The van der Waals surface area contributed by atoms with Crippen molar-refractivity contribution < 1.29 is 23.7 Å². The average molecular weight is 280 g/mol. The number of methoxy groups -OCH3 is 2. The highest BCUT2D eigenvalue weighted by Gasteiger charge is 2.26. The molecule has 0 bridgehead atoms. The molecule has 0 fully saturated rings. The predicted molar refractivity (Wildman–Crippen MR) is 73.1 cm³/mol. The smallest absolute Gasteiger partial charge is 0.308 e. The SMILES string of the molecule is CCOC(=O)CC1Cc2ccc(OC)c(OC)c2CO1. The second-order valence-electron chi connectivity index (χ2n) is 4.59. The molecule has 0 N–H and O–H groups in total. The standard InChI is InChI=1S/C15H20O5/c1-4-19-14(16)8-11-7-10-5-6-13(17-2)15(18-3)12(10)9-20-11/h5-6,11H,4,7-9H2,1-3H3. The molecule has 0 aliphatic carbocycles. The van der Waals surface area contributed by atoms with Crippen molar-refractivity contribution >= 4 is 5.97 Å². The van der Waals surface area contributed by atoms with Gasteiger partial charge in [0, 0.05) is 5.56 Å². The Kier molecular flexibility index (Phi) is 4.84. The maximum atomic E-state index is 11.5. The van der Waals surface area contributed by atoms with Crippen LogP contribution in [0.25, 0.3) is 0 Å². The summed E-state index contributed by atoms with van der Waals surface area (Å²) in [7, 11) is 3.22. The molecule has 1 aromatic carbocycles. The van der Waals surface area contributed by atoms with Gasteiger partial charge in [-0.15, -0.1) is 0 Å². The van der Waals surface area contributed by atoms with Crippen molar-refractivity contribution in [2.24, 2.45) is 0 Å². The summed E-state index contributed by atoms with van der Waals surface area (Å²) in [5, 5.41) is 0. The van der Waals surface area contributed by atoms with Gasteiger partial charge in [-0.3, -0.25) is 4.79 Å². The lowest BCUT2D eigenvalue weighted by Crippen LogP contribution is -2.26. The van der Waals surface area contributed by atoms with Gasteiger partial charge in [0.2, 0.25) is 0 Å². The highest BCUT2D eigenvalue weighted by Crippen LogP contribution is 2.37. The van der Waals surface area contributed by atoms with Crippen LogP contribution in [0, 0.1) is 0 Å². The van der Waals surface area contributed by atoms with Gasteiger partial charge in [0.1, 0.15) is 0 Å². The summed E-state index contributed by atoms with van der Waals surface area (Å²) in [5.74, 6) is 1.18. The van der Waals surface area contributed by atoms with Crippen molar-refractivity contribution in [2.45, 2.75) is 32.5 Å². The maximum absolute atomic E-state index is 11.5. The predicted octanol–water partition coefficient (Wildman–Crippen LogP) is 2.10. The summed E-state index contributed by atoms with van der Waals surface area (Å²) < 4.78 is 21.3. The lowest BCUT2D eigenvalue weighted by molar-refractivity contribution is -0.146. The number of hydrogen-bond acceptors (Lipinski definition) is 5. The van der Waals surface area contributed by atoms with Crippen LogP contribution in [0.2, 0.25) is 0 Å². The van der Waals surface area contributed by atoms with Gasteiger partial charge < -0.3 is 18.9 Å². The van der Waals surface area contributed by atoms with Gasteiger partial charge in [-0.1, -0.05) is 6.07 Å². The monoisotopic (exact) mass is 280 g/mol. The molecule has 0 aromatic heterocycles. The normalized spacial score (nSPS) is 17.2. The van der Waals surface area contributed by atoms with Crippen LogP contribution >= 0.6 is 0 Å². The van der Waals surface area contributed by atoms with Gasteiger partial charge in [0.15, 0.2) is 11.5 Å². The fourth-order valence-electron chi connectivity index (χ4n) is 2.42. The van der Waals surface area contributed by atoms with Crippen molar-refractivity contribution in [1.82, 2.24) is 0 Å². The highest BCUT2D eigenvalue weighted by atomic mass is 16.5. The number of rotatable bonds is 5. The van der Waals surface area contributed by atoms with Crippen molar-refractivity contribution in [3.63, 3.8) is 0 Å². The first-order chi connectivity index (χ1) is 9.69. The Hall–Kier alpha value is -1.75. The van der Waals surface area contributed by atoms with Crippen molar-refractivity contribution in [3.8, 4) is 11.5 Å². The Labute approximate surface area is 118 Å². The van der Waals surface area contributed by atoms with Crippen LogP contribution in [0.3, 0.4) is 0 Å². The maximum Gasteiger partial charge on any atom is 0.308 e. The molecule has 0 amide bonds. The molecule has 0 radical (unpaired) electrons. The number of carbonyl (C=O) groups excluding carboxylic acids is 1. The Morgan fingerprint density at radius 3 is 2.80 bits per heavy atom.